The van der Waals surface area contributed by atoms with E-state index in [-0.39, 0.29) is 22.9 Å². The Morgan fingerprint density at radius 1 is 1.12 bits per heavy atom. The van der Waals surface area contributed by atoms with Crippen LogP contribution in [0.25, 0.3) is 5.76 Å². The van der Waals surface area contributed by atoms with Gasteiger partial charge >= 0.3 is 0 Å². The van der Waals surface area contributed by atoms with Crippen molar-refractivity contribution in [2.24, 2.45) is 0 Å². The summed E-state index contributed by atoms with van der Waals surface area (Å²) in [6, 6.07) is 14.1. The largest absolute Gasteiger partial charge is 0.507 e. The predicted octanol–water partition coefficient (Wildman–Crippen LogP) is 5.58. The molecule has 1 atom stereocenters. The van der Waals surface area contributed by atoms with Gasteiger partial charge in [-0.25, -0.2) is 0 Å². The Morgan fingerprint density at radius 3 is 2.53 bits per heavy atom. The summed E-state index contributed by atoms with van der Waals surface area (Å²) in [4.78, 5) is 31.7. The van der Waals surface area contributed by atoms with Crippen molar-refractivity contribution in [1.82, 2.24) is 9.88 Å². The lowest BCUT2D eigenvalue weighted by atomic mass is 9.95. The summed E-state index contributed by atoms with van der Waals surface area (Å²) in [5.74, 6) is -1.23. The molecular weight excluding hydrogens is 475 g/mol. The Labute approximate surface area is 206 Å². The van der Waals surface area contributed by atoms with Crippen LogP contribution in [0, 0.1) is 0 Å². The number of ether oxygens (including phenoxy) is 1. The normalized spacial score (nSPS) is 17.1. The lowest BCUT2D eigenvalue weighted by molar-refractivity contribution is -0.140. The molecule has 1 aliphatic rings. The number of hydrogen-bond acceptors (Lipinski definition) is 5. The van der Waals surface area contributed by atoms with Gasteiger partial charge in [0.25, 0.3) is 11.7 Å². The van der Waals surface area contributed by atoms with Gasteiger partial charge < -0.3 is 14.7 Å². The molecule has 0 aliphatic carbocycles. The fourth-order valence-electron chi connectivity index (χ4n) is 3.78. The number of amides is 1. The number of hydrogen-bond donors (Lipinski definition) is 1. The van der Waals surface area contributed by atoms with Crippen LogP contribution in [0.1, 0.15) is 22.7 Å². The SMILES string of the molecule is C=CCOc1ccc(/C(O)=C2\C(=O)C(=O)N(Cc3cccnc3)C2c2ccc(Cl)c(Cl)c2)cc1. The van der Waals surface area contributed by atoms with E-state index in [1.54, 1.807) is 73.1 Å². The number of nitrogens with zero attached hydrogens (tertiary/aromatic N) is 2. The summed E-state index contributed by atoms with van der Waals surface area (Å²) in [7, 11) is 0. The van der Waals surface area contributed by atoms with Crippen LogP contribution in [0.4, 0.5) is 0 Å². The van der Waals surface area contributed by atoms with E-state index in [1.807, 2.05) is 0 Å². The number of carbonyl (C=O) groups is 2. The van der Waals surface area contributed by atoms with Crippen LogP contribution in [-0.4, -0.2) is 33.3 Å². The van der Waals surface area contributed by atoms with Crippen molar-refractivity contribution in [3.8, 4) is 5.75 Å². The molecule has 0 bridgehead atoms. The van der Waals surface area contributed by atoms with Crippen molar-refractivity contribution in [3.63, 3.8) is 0 Å². The predicted molar refractivity (Wildman–Crippen MR) is 131 cm³/mol. The molecule has 1 aromatic heterocycles. The molecule has 8 heteroatoms. The minimum atomic E-state index is -0.869. The Balaban J connectivity index is 1.81. The van der Waals surface area contributed by atoms with Crippen LogP contribution < -0.4 is 4.74 Å². The molecule has 34 heavy (non-hydrogen) atoms. The van der Waals surface area contributed by atoms with E-state index < -0.39 is 17.7 Å². The number of halogens is 2. The molecule has 0 radical (unpaired) electrons. The number of aromatic nitrogens is 1. The van der Waals surface area contributed by atoms with Gasteiger partial charge in [0.2, 0.25) is 0 Å². The van der Waals surface area contributed by atoms with E-state index in [4.69, 9.17) is 27.9 Å². The molecule has 0 spiro atoms. The first-order valence-corrected chi connectivity index (χ1v) is 11.1. The van der Waals surface area contributed by atoms with Crippen LogP contribution >= 0.6 is 23.2 Å². The number of pyridine rings is 1. The maximum absolute atomic E-state index is 13.1. The smallest absolute Gasteiger partial charge is 0.295 e. The Kier molecular flexibility index (Phi) is 7.01. The van der Waals surface area contributed by atoms with Gasteiger partial charge in [-0.1, -0.05) is 48.0 Å². The Morgan fingerprint density at radius 2 is 1.88 bits per heavy atom. The van der Waals surface area contributed by atoms with Gasteiger partial charge in [0, 0.05) is 24.5 Å². The summed E-state index contributed by atoms with van der Waals surface area (Å²) in [6.07, 6.45) is 4.86. The first-order chi connectivity index (χ1) is 16.4. The number of benzene rings is 2. The summed E-state index contributed by atoms with van der Waals surface area (Å²) in [5.41, 5.74) is 1.62. The van der Waals surface area contributed by atoms with Gasteiger partial charge in [0.05, 0.1) is 21.7 Å². The maximum Gasteiger partial charge on any atom is 0.295 e. The second kappa shape index (κ2) is 10.1. The number of likely N-dealkylation sites (tertiary alicyclic amines) is 1. The molecule has 4 rings (SSSR count). The molecule has 6 nitrogen and oxygen atoms in total. The van der Waals surface area contributed by atoms with E-state index >= 15 is 0 Å². The molecule has 1 fully saturated rings. The molecule has 2 aromatic carbocycles. The zero-order valence-corrected chi connectivity index (χ0v) is 19.5. The molecular formula is C26H20Cl2N2O4. The van der Waals surface area contributed by atoms with E-state index in [2.05, 4.69) is 11.6 Å². The summed E-state index contributed by atoms with van der Waals surface area (Å²) in [5, 5.41) is 11.8. The van der Waals surface area contributed by atoms with Crippen molar-refractivity contribution >= 4 is 40.7 Å². The van der Waals surface area contributed by atoms with Crippen LogP contribution in [0.15, 0.2) is 85.2 Å². The number of carbonyl (C=O) groups excluding carboxylic acids is 2. The van der Waals surface area contributed by atoms with Crippen LogP contribution in [0.2, 0.25) is 10.0 Å². The first-order valence-electron chi connectivity index (χ1n) is 10.4. The van der Waals surface area contributed by atoms with Gasteiger partial charge in [-0.3, -0.25) is 14.6 Å². The standard InChI is InChI=1S/C26H20Cl2N2O4/c1-2-12-34-19-8-5-17(6-9-19)24(31)22-23(18-7-10-20(27)21(28)13-18)30(26(33)25(22)32)15-16-4-3-11-29-14-16/h2-11,13-14,23,31H,1,12,15H2/b24-22+. The van der Waals surface area contributed by atoms with Crippen molar-refractivity contribution < 1.29 is 19.4 Å². The lowest BCUT2D eigenvalue weighted by Crippen LogP contribution is -2.29. The molecule has 172 valence electrons. The molecule has 1 unspecified atom stereocenters. The van der Waals surface area contributed by atoms with Crippen molar-refractivity contribution in [2.45, 2.75) is 12.6 Å². The number of aliphatic hydroxyl groups is 1. The average Bonchev–Trinajstić information content (AvgIpc) is 3.10. The second-order valence-electron chi connectivity index (χ2n) is 7.59. The van der Waals surface area contributed by atoms with Gasteiger partial charge in [0.1, 0.15) is 18.1 Å². The molecule has 1 N–H and O–H groups in total. The molecule has 3 aromatic rings. The number of Topliss-reactive ketones (excluding diaryl/α,β-unsaturated/α-hetero) is 1. The Bertz CT molecular complexity index is 1270. The average molecular weight is 495 g/mol. The molecule has 1 aliphatic heterocycles. The highest BCUT2D eigenvalue weighted by molar-refractivity contribution is 6.46. The highest BCUT2D eigenvalue weighted by Gasteiger charge is 2.46. The first kappa shape index (κ1) is 23.5. The molecule has 2 heterocycles. The third-order valence-electron chi connectivity index (χ3n) is 5.37. The third kappa shape index (κ3) is 4.69. The molecule has 0 saturated carbocycles. The highest BCUT2D eigenvalue weighted by Crippen LogP contribution is 2.41. The summed E-state index contributed by atoms with van der Waals surface area (Å²) < 4.78 is 5.47. The zero-order chi connectivity index (χ0) is 24.2. The Hall–Kier alpha value is -3.61. The topological polar surface area (TPSA) is 79.7 Å². The highest BCUT2D eigenvalue weighted by atomic mass is 35.5. The number of rotatable bonds is 7. The van der Waals surface area contributed by atoms with E-state index in [0.717, 1.165) is 5.56 Å². The fourth-order valence-corrected chi connectivity index (χ4v) is 4.09. The van der Waals surface area contributed by atoms with E-state index in [1.165, 1.54) is 4.90 Å². The number of ketones is 1. The fraction of sp³-hybridized carbons (Fsp3) is 0.115. The lowest BCUT2D eigenvalue weighted by Gasteiger charge is -2.25. The summed E-state index contributed by atoms with van der Waals surface area (Å²) >= 11 is 12.3. The summed E-state index contributed by atoms with van der Waals surface area (Å²) in [6.45, 7) is 4.06. The maximum atomic E-state index is 13.1. The van der Waals surface area contributed by atoms with Gasteiger partial charge in [-0.05, 0) is 53.6 Å². The minimum absolute atomic E-state index is 0.0351. The second-order valence-corrected chi connectivity index (χ2v) is 8.40. The van der Waals surface area contributed by atoms with Crippen LogP contribution in [0.3, 0.4) is 0 Å². The van der Waals surface area contributed by atoms with Crippen LogP contribution in [0.5, 0.6) is 5.75 Å². The van der Waals surface area contributed by atoms with Crippen molar-refractivity contribution in [3.05, 3.63) is 112 Å². The van der Waals surface area contributed by atoms with E-state index in [9.17, 15) is 14.7 Å². The number of aliphatic hydroxyl groups excluding tert-OH is 1. The van der Waals surface area contributed by atoms with E-state index in [0.29, 0.717) is 28.5 Å². The third-order valence-corrected chi connectivity index (χ3v) is 6.11. The molecule has 1 amide bonds. The molecule has 1 saturated heterocycles. The monoisotopic (exact) mass is 494 g/mol. The van der Waals surface area contributed by atoms with Crippen molar-refractivity contribution in [1.29, 1.82) is 0 Å². The van der Waals surface area contributed by atoms with Crippen molar-refractivity contribution in [2.75, 3.05) is 6.61 Å². The van der Waals surface area contributed by atoms with Gasteiger partial charge in [-0.2, -0.15) is 0 Å². The zero-order valence-electron chi connectivity index (χ0n) is 17.9. The van der Waals surface area contributed by atoms with Gasteiger partial charge in [0.15, 0.2) is 0 Å². The quantitative estimate of drug-likeness (QED) is 0.201. The minimum Gasteiger partial charge on any atom is -0.507 e. The van der Waals surface area contributed by atoms with Crippen LogP contribution in [-0.2, 0) is 16.1 Å². The van der Waals surface area contributed by atoms with Gasteiger partial charge in [-0.15, -0.1) is 0 Å².